The average molecular weight is 341 g/mol. The highest BCUT2D eigenvalue weighted by atomic mass is 16.2. The first-order chi connectivity index (χ1) is 12.3. The van der Waals surface area contributed by atoms with Crippen LogP contribution in [0.5, 0.6) is 0 Å². The maximum Gasteiger partial charge on any atom is 0.320 e. The summed E-state index contributed by atoms with van der Waals surface area (Å²) in [6, 6.07) is 12.5. The Hall–Kier alpha value is -1.55. The predicted octanol–water partition coefficient (Wildman–Crippen LogP) is 3.72. The van der Waals surface area contributed by atoms with Gasteiger partial charge in [-0.05, 0) is 38.2 Å². The van der Waals surface area contributed by atoms with Crippen molar-refractivity contribution in [1.29, 1.82) is 0 Å². The van der Waals surface area contributed by atoms with Gasteiger partial charge in [-0.3, -0.25) is 4.90 Å². The van der Waals surface area contributed by atoms with Gasteiger partial charge in [0.2, 0.25) is 0 Å². The van der Waals surface area contributed by atoms with E-state index in [4.69, 9.17) is 0 Å². The molecule has 2 atom stereocenters. The summed E-state index contributed by atoms with van der Waals surface area (Å²) < 4.78 is 0. The summed E-state index contributed by atoms with van der Waals surface area (Å²) in [5.74, 6) is 0. The Balaban J connectivity index is 1.39. The Kier molecular flexibility index (Phi) is 4.98. The molecule has 1 aromatic rings. The summed E-state index contributed by atoms with van der Waals surface area (Å²) in [5, 5.41) is 0. The van der Waals surface area contributed by atoms with Crippen LogP contribution in [0.2, 0.25) is 0 Å². The zero-order chi connectivity index (χ0) is 17.2. The normalized spacial score (nSPS) is 28.4. The van der Waals surface area contributed by atoms with Crippen molar-refractivity contribution in [3.05, 3.63) is 35.9 Å². The van der Waals surface area contributed by atoms with Crippen molar-refractivity contribution in [2.75, 3.05) is 19.6 Å². The van der Waals surface area contributed by atoms with Crippen molar-refractivity contribution in [2.24, 2.45) is 0 Å². The lowest BCUT2D eigenvalue weighted by molar-refractivity contribution is 0.0991. The number of benzene rings is 1. The van der Waals surface area contributed by atoms with E-state index in [2.05, 4.69) is 52.0 Å². The lowest BCUT2D eigenvalue weighted by Gasteiger charge is -2.40. The monoisotopic (exact) mass is 341 g/mol. The molecule has 0 bridgehead atoms. The van der Waals surface area contributed by atoms with Gasteiger partial charge >= 0.3 is 6.03 Å². The van der Waals surface area contributed by atoms with Crippen LogP contribution in [-0.4, -0.2) is 58.5 Å². The predicted molar refractivity (Wildman–Crippen MR) is 100 cm³/mol. The summed E-state index contributed by atoms with van der Waals surface area (Å²) in [4.78, 5) is 20.0. The zero-order valence-electron chi connectivity index (χ0n) is 15.4. The number of amides is 2. The number of fused-ring (bicyclic) bond motifs is 1. The molecular weight excluding hydrogens is 310 g/mol. The van der Waals surface area contributed by atoms with Gasteiger partial charge in [0.25, 0.3) is 0 Å². The lowest BCUT2D eigenvalue weighted by atomic mass is 9.88. The minimum absolute atomic E-state index is 0.320. The molecule has 136 valence electrons. The van der Waals surface area contributed by atoms with Crippen LogP contribution in [0.4, 0.5) is 4.79 Å². The quantitative estimate of drug-likeness (QED) is 0.834. The summed E-state index contributed by atoms with van der Waals surface area (Å²) in [5.41, 5.74) is 1.39. The van der Waals surface area contributed by atoms with E-state index >= 15 is 0 Å². The van der Waals surface area contributed by atoms with Gasteiger partial charge < -0.3 is 9.80 Å². The van der Waals surface area contributed by atoms with E-state index in [0.717, 1.165) is 39.0 Å². The second-order valence-corrected chi connectivity index (χ2v) is 7.89. The summed E-state index contributed by atoms with van der Waals surface area (Å²) in [6.45, 7) is 6.24. The topological polar surface area (TPSA) is 26.8 Å². The fraction of sp³-hybridized carbons (Fsp3) is 0.667. The number of carbonyl (C=O) groups is 1. The number of urea groups is 1. The Labute approximate surface area is 151 Å². The number of piperidine rings is 1. The molecule has 1 aromatic carbocycles. The minimum Gasteiger partial charge on any atom is -0.320 e. The van der Waals surface area contributed by atoms with Crippen molar-refractivity contribution < 1.29 is 4.79 Å². The van der Waals surface area contributed by atoms with E-state index in [1.807, 2.05) is 0 Å². The third-order valence-electron chi connectivity index (χ3n) is 6.46. The third-order valence-corrected chi connectivity index (χ3v) is 6.46. The molecule has 2 saturated heterocycles. The summed E-state index contributed by atoms with van der Waals surface area (Å²) >= 11 is 0. The number of likely N-dealkylation sites (tertiary alicyclic amines) is 1. The molecule has 0 spiro atoms. The summed E-state index contributed by atoms with van der Waals surface area (Å²) in [6.07, 6.45) is 7.23. The van der Waals surface area contributed by atoms with Crippen LogP contribution in [0.15, 0.2) is 30.3 Å². The smallest absolute Gasteiger partial charge is 0.320 e. The van der Waals surface area contributed by atoms with Gasteiger partial charge in [0.1, 0.15) is 0 Å². The Morgan fingerprint density at radius 1 is 0.960 bits per heavy atom. The standard InChI is InChI=1S/C21H31N3O/c1-2-23-19-10-6-7-11-20(19)24(21(23)25)18-12-14-22(15-13-18)16-17-8-4-3-5-9-17/h3-5,8-9,18-20H,2,6-7,10-16H2,1H3/t19-,20+/m0/s1. The molecule has 3 aliphatic rings. The van der Waals surface area contributed by atoms with Crippen LogP contribution in [0.25, 0.3) is 0 Å². The molecule has 25 heavy (non-hydrogen) atoms. The molecular formula is C21H31N3O. The van der Waals surface area contributed by atoms with Crippen molar-refractivity contribution in [3.8, 4) is 0 Å². The summed E-state index contributed by atoms with van der Waals surface area (Å²) in [7, 11) is 0. The molecule has 0 unspecified atom stereocenters. The van der Waals surface area contributed by atoms with Crippen molar-refractivity contribution in [2.45, 2.75) is 70.1 Å². The molecule has 1 saturated carbocycles. The maximum absolute atomic E-state index is 13.0. The first kappa shape index (κ1) is 16.9. The molecule has 0 radical (unpaired) electrons. The van der Waals surface area contributed by atoms with E-state index in [9.17, 15) is 4.79 Å². The lowest BCUT2D eigenvalue weighted by Crippen LogP contribution is -2.49. The molecule has 4 heteroatoms. The molecule has 4 nitrogen and oxygen atoms in total. The molecule has 2 amide bonds. The second kappa shape index (κ2) is 7.36. The zero-order valence-corrected chi connectivity index (χ0v) is 15.4. The molecule has 2 heterocycles. The van der Waals surface area contributed by atoms with Gasteiger partial charge in [0.15, 0.2) is 0 Å². The van der Waals surface area contributed by atoms with Gasteiger partial charge in [0.05, 0.1) is 12.1 Å². The highest BCUT2D eigenvalue weighted by molar-refractivity contribution is 5.78. The van der Waals surface area contributed by atoms with Gasteiger partial charge in [-0.15, -0.1) is 0 Å². The molecule has 0 N–H and O–H groups in total. The number of rotatable bonds is 4. The van der Waals surface area contributed by atoms with Gasteiger partial charge in [-0.1, -0.05) is 43.2 Å². The minimum atomic E-state index is 0.320. The third kappa shape index (κ3) is 3.29. The van der Waals surface area contributed by atoms with E-state index in [1.54, 1.807) is 0 Å². The first-order valence-corrected chi connectivity index (χ1v) is 10.1. The van der Waals surface area contributed by atoms with Crippen LogP contribution in [-0.2, 0) is 6.54 Å². The molecule has 0 aromatic heterocycles. The Bertz CT molecular complexity index is 582. The first-order valence-electron chi connectivity index (χ1n) is 10.1. The van der Waals surface area contributed by atoms with Crippen LogP contribution in [0.1, 0.15) is 51.0 Å². The van der Waals surface area contributed by atoms with Gasteiger partial charge in [0, 0.05) is 32.2 Å². The largest absolute Gasteiger partial charge is 0.320 e. The van der Waals surface area contributed by atoms with Crippen LogP contribution >= 0.6 is 0 Å². The number of hydrogen-bond donors (Lipinski definition) is 0. The number of hydrogen-bond acceptors (Lipinski definition) is 2. The van der Waals surface area contributed by atoms with Gasteiger partial charge in [-0.25, -0.2) is 4.79 Å². The molecule has 4 rings (SSSR count). The molecule has 2 aliphatic heterocycles. The fourth-order valence-corrected chi connectivity index (χ4v) is 5.21. The van der Waals surface area contributed by atoms with Crippen molar-refractivity contribution in [3.63, 3.8) is 0 Å². The maximum atomic E-state index is 13.0. The molecule has 3 fully saturated rings. The highest BCUT2D eigenvalue weighted by Crippen LogP contribution is 2.37. The fourth-order valence-electron chi connectivity index (χ4n) is 5.21. The van der Waals surface area contributed by atoms with Crippen molar-refractivity contribution >= 4 is 6.03 Å². The Morgan fingerprint density at radius 3 is 2.32 bits per heavy atom. The van der Waals surface area contributed by atoms with Gasteiger partial charge in [-0.2, -0.15) is 0 Å². The van der Waals surface area contributed by atoms with Crippen LogP contribution < -0.4 is 0 Å². The van der Waals surface area contributed by atoms with Crippen LogP contribution in [0.3, 0.4) is 0 Å². The Morgan fingerprint density at radius 2 is 1.64 bits per heavy atom. The van der Waals surface area contributed by atoms with E-state index in [0.29, 0.717) is 24.2 Å². The van der Waals surface area contributed by atoms with E-state index in [-0.39, 0.29) is 0 Å². The van der Waals surface area contributed by atoms with Crippen molar-refractivity contribution in [1.82, 2.24) is 14.7 Å². The number of carbonyl (C=O) groups excluding carboxylic acids is 1. The molecule has 1 aliphatic carbocycles. The second-order valence-electron chi connectivity index (χ2n) is 7.89. The SMILES string of the molecule is CCN1C(=O)N(C2CCN(Cc3ccccc3)CC2)[C@@H]2CCCC[C@@H]21. The van der Waals surface area contributed by atoms with E-state index in [1.165, 1.54) is 31.2 Å². The van der Waals surface area contributed by atoms with E-state index < -0.39 is 0 Å². The number of nitrogens with zero attached hydrogens (tertiary/aromatic N) is 3. The highest BCUT2D eigenvalue weighted by Gasteiger charge is 2.48. The average Bonchev–Trinajstić information content (AvgIpc) is 2.94. The number of likely N-dealkylation sites (N-methyl/N-ethyl adjacent to an activating group) is 1. The van der Waals surface area contributed by atoms with Crippen LogP contribution in [0, 0.1) is 0 Å².